The van der Waals surface area contributed by atoms with Gasteiger partial charge in [-0.3, -0.25) is 14.5 Å². The van der Waals surface area contributed by atoms with E-state index < -0.39 is 11.9 Å². The highest BCUT2D eigenvalue weighted by Gasteiger charge is 2.38. The molecule has 0 spiro atoms. The summed E-state index contributed by atoms with van der Waals surface area (Å²) in [5.74, 6) is -0.123. The molecule has 1 heterocycles. The molecule has 2 aromatic rings. The number of rotatable bonds is 5. The summed E-state index contributed by atoms with van der Waals surface area (Å²) in [5.41, 5.74) is 0.973. The van der Waals surface area contributed by atoms with Gasteiger partial charge in [0, 0.05) is 16.3 Å². The van der Waals surface area contributed by atoms with Gasteiger partial charge in [-0.15, -0.1) is 0 Å². The van der Waals surface area contributed by atoms with Crippen LogP contribution in [0.15, 0.2) is 47.4 Å². The number of nitrogens with one attached hydrogen (secondary N) is 1. The van der Waals surface area contributed by atoms with Crippen molar-refractivity contribution in [3.8, 4) is 11.5 Å². The molecule has 2 aromatic carbocycles. The molecule has 2 N–H and O–H groups in total. The number of carbonyl (C=O) groups excluding carboxylic acids is 2. The number of thiocarbonyl (C=S) groups is 1. The fourth-order valence-electron chi connectivity index (χ4n) is 2.63. The number of benzene rings is 2. The lowest BCUT2D eigenvalue weighted by Crippen LogP contribution is -2.44. The Morgan fingerprint density at radius 3 is 2.66 bits per heavy atom. The molecule has 1 unspecified atom stereocenters. The molecule has 1 fully saturated rings. The van der Waals surface area contributed by atoms with E-state index in [4.69, 9.17) is 28.6 Å². The summed E-state index contributed by atoms with van der Waals surface area (Å²) in [5, 5.41) is 13.2. The number of methoxy groups -OCH3 is 1. The molecule has 0 aromatic heterocycles. The first-order valence-electron chi connectivity index (χ1n) is 8.50. The van der Waals surface area contributed by atoms with Gasteiger partial charge < -0.3 is 15.2 Å². The smallest absolute Gasteiger partial charge is 0.266 e. The fourth-order valence-corrected chi connectivity index (χ4v) is 4.22. The van der Waals surface area contributed by atoms with Crippen molar-refractivity contribution in [1.82, 2.24) is 4.90 Å². The Labute approximate surface area is 182 Å². The number of ether oxygens (including phenoxy) is 1. The maximum Gasteiger partial charge on any atom is 0.266 e. The van der Waals surface area contributed by atoms with Gasteiger partial charge in [0.05, 0.1) is 12.0 Å². The van der Waals surface area contributed by atoms with Gasteiger partial charge in [0.25, 0.3) is 5.91 Å². The molecular formula is C20H17ClN2O4S2. The van der Waals surface area contributed by atoms with Crippen LogP contribution in [0.1, 0.15) is 12.5 Å². The largest absolute Gasteiger partial charge is 0.507 e. The van der Waals surface area contributed by atoms with Crippen molar-refractivity contribution in [1.29, 1.82) is 0 Å². The Kier molecular flexibility index (Phi) is 6.46. The van der Waals surface area contributed by atoms with Gasteiger partial charge in [0.1, 0.15) is 21.9 Å². The van der Waals surface area contributed by atoms with Crippen molar-refractivity contribution >= 4 is 63.5 Å². The molecule has 1 aliphatic heterocycles. The number of halogens is 1. The molecule has 0 radical (unpaired) electrons. The van der Waals surface area contributed by atoms with Gasteiger partial charge in [-0.1, -0.05) is 35.6 Å². The first kappa shape index (κ1) is 21.2. The standard InChI is InChI=1S/C20H17ClN2O4S2/c1-11(18(25)22-14-4-6-15(27-2)7-5-14)23-19(26)17(29-20(23)28)10-12-9-13(21)3-8-16(12)24/h3-11,24H,1-2H3,(H,22,25)/b17-10-. The number of thioether (sulfide) groups is 1. The third-order valence-electron chi connectivity index (χ3n) is 4.22. The average Bonchev–Trinajstić information content (AvgIpc) is 2.97. The summed E-state index contributed by atoms with van der Waals surface area (Å²) in [6.07, 6.45) is 1.51. The highest BCUT2D eigenvalue weighted by molar-refractivity contribution is 8.26. The third-order valence-corrected chi connectivity index (χ3v) is 5.79. The van der Waals surface area contributed by atoms with E-state index >= 15 is 0 Å². The molecule has 2 amide bonds. The van der Waals surface area contributed by atoms with Crippen molar-refractivity contribution in [3.05, 3.63) is 58.0 Å². The van der Waals surface area contributed by atoms with Crippen LogP contribution < -0.4 is 10.1 Å². The lowest BCUT2D eigenvalue weighted by atomic mass is 10.1. The molecule has 29 heavy (non-hydrogen) atoms. The van der Waals surface area contributed by atoms with Gasteiger partial charge in [-0.25, -0.2) is 0 Å². The maximum atomic E-state index is 12.8. The van der Waals surface area contributed by atoms with Crippen molar-refractivity contribution in [3.63, 3.8) is 0 Å². The molecule has 6 nitrogen and oxygen atoms in total. The number of hydrogen-bond donors (Lipinski definition) is 2. The minimum atomic E-state index is -0.816. The summed E-state index contributed by atoms with van der Waals surface area (Å²) in [6.45, 7) is 1.60. The number of amides is 2. The first-order valence-corrected chi connectivity index (χ1v) is 10.1. The van der Waals surface area contributed by atoms with Crippen molar-refractivity contribution in [2.75, 3.05) is 12.4 Å². The summed E-state index contributed by atoms with van der Waals surface area (Å²) in [6, 6.07) is 10.6. The molecular weight excluding hydrogens is 432 g/mol. The normalized spacial score (nSPS) is 16.2. The summed E-state index contributed by atoms with van der Waals surface area (Å²) < 4.78 is 5.35. The van der Waals surface area contributed by atoms with Crippen LogP contribution in [0.3, 0.4) is 0 Å². The Morgan fingerprint density at radius 1 is 1.31 bits per heavy atom. The molecule has 9 heteroatoms. The quantitative estimate of drug-likeness (QED) is 0.525. The predicted molar refractivity (Wildman–Crippen MR) is 119 cm³/mol. The third kappa shape index (κ3) is 4.72. The summed E-state index contributed by atoms with van der Waals surface area (Å²) in [7, 11) is 1.56. The van der Waals surface area contributed by atoms with Gasteiger partial charge in [0.15, 0.2) is 0 Å². The minimum absolute atomic E-state index is 0.00929. The lowest BCUT2D eigenvalue weighted by molar-refractivity contribution is -0.129. The minimum Gasteiger partial charge on any atom is -0.507 e. The zero-order chi connectivity index (χ0) is 21.1. The zero-order valence-electron chi connectivity index (χ0n) is 15.5. The van der Waals surface area contributed by atoms with Crippen LogP contribution in [-0.2, 0) is 9.59 Å². The number of phenolic OH excluding ortho intramolecular Hbond substituents is 1. The molecule has 0 saturated carbocycles. The van der Waals surface area contributed by atoms with Crippen molar-refractivity contribution in [2.45, 2.75) is 13.0 Å². The van der Waals surface area contributed by atoms with E-state index in [1.807, 2.05) is 0 Å². The van der Waals surface area contributed by atoms with E-state index in [0.717, 1.165) is 11.8 Å². The highest BCUT2D eigenvalue weighted by atomic mass is 35.5. The van der Waals surface area contributed by atoms with Crippen molar-refractivity contribution in [2.24, 2.45) is 0 Å². The van der Waals surface area contributed by atoms with Crippen LogP contribution in [0.2, 0.25) is 5.02 Å². The Balaban J connectivity index is 1.76. The number of anilines is 1. The Morgan fingerprint density at radius 2 is 2.00 bits per heavy atom. The van der Waals surface area contributed by atoms with E-state index in [1.54, 1.807) is 50.4 Å². The van der Waals surface area contributed by atoms with Gasteiger partial charge in [0.2, 0.25) is 5.91 Å². The zero-order valence-corrected chi connectivity index (χ0v) is 17.9. The van der Waals surface area contributed by atoms with E-state index in [0.29, 0.717) is 26.9 Å². The number of phenols is 1. The first-order chi connectivity index (χ1) is 13.8. The number of hydrogen-bond acceptors (Lipinski definition) is 6. The Hall–Kier alpha value is -2.55. The monoisotopic (exact) mass is 448 g/mol. The molecule has 1 aliphatic rings. The second-order valence-corrected chi connectivity index (χ2v) is 8.26. The fraction of sp³-hybridized carbons (Fsp3) is 0.150. The maximum absolute atomic E-state index is 12.8. The van der Waals surface area contributed by atoms with Crippen molar-refractivity contribution < 1.29 is 19.4 Å². The van der Waals surface area contributed by atoms with Gasteiger partial charge >= 0.3 is 0 Å². The number of aromatic hydroxyl groups is 1. The van der Waals surface area contributed by atoms with Crippen LogP contribution >= 0.6 is 35.6 Å². The average molecular weight is 449 g/mol. The van der Waals surface area contributed by atoms with Gasteiger partial charge in [-0.05, 0) is 55.5 Å². The number of carbonyl (C=O) groups is 2. The molecule has 0 aliphatic carbocycles. The van der Waals surface area contributed by atoms with E-state index in [-0.39, 0.29) is 16.0 Å². The second kappa shape index (κ2) is 8.86. The summed E-state index contributed by atoms with van der Waals surface area (Å²) >= 11 is 12.3. The molecule has 3 rings (SSSR count). The number of nitrogens with zero attached hydrogens (tertiary/aromatic N) is 1. The molecule has 1 saturated heterocycles. The van der Waals surface area contributed by atoms with E-state index in [1.165, 1.54) is 17.0 Å². The molecule has 1 atom stereocenters. The predicted octanol–water partition coefficient (Wildman–Crippen LogP) is 4.28. The van der Waals surface area contributed by atoms with Crippen LogP contribution in [0.25, 0.3) is 6.08 Å². The Bertz CT molecular complexity index is 1010. The van der Waals surface area contributed by atoms with E-state index in [9.17, 15) is 14.7 Å². The second-order valence-electron chi connectivity index (χ2n) is 6.15. The van der Waals surface area contributed by atoms with Crippen LogP contribution in [-0.4, -0.2) is 39.3 Å². The van der Waals surface area contributed by atoms with E-state index in [2.05, 4.69) is 5.32 Å². The summed E-state index contributed by atoms with van der Waals surface area (Å²) in [4.78, 5) is 27.0. The SMILES string of the molecule is COc1ccc(NC(=O)C(C)N2C(=O)/C(=C/c3cc(Cl)ccc3O)SC2=S)cc1. The molecule has 150 valence electrons. The highest BCUT2D eigenvalue weighted by Crippen LogP contribution is 2.36. The van der Waals surface area contributed by atoms with Crippen LogP contribution in [0.4, 0.5) is 5.69 Å². The van der Waals surface area contributed by atoms with Crippen LogP contribution in [0.5, 0.6) is 11.5 Å². The molecule has 0 bridgehead atoms. The van der Waals surface area contributed by atoms with Gasteiger partial charge in [-0.2, -0.15) is 0 Å². The topological polar surface area (TPSA) is 78.9 Å². The van der Waals surface area contributed by atoms with Crippen LogP contribution in [0, 0.1) is 0 Å². The lowest BCUT2D eigenvalue weighted by Gasteiger charge is -2.22.